The van der Waals surface area contributed by atoms with E-state index < -0.39 is 0 Å². The monoisotopic (exact) mass is 416 g/mol. The Kier molecular flexibility index (Phi) is 6.46. The number of aromatic nitrogens is 2. The summed E-state index contributed by atoms with van der Waals surface area (Å²) in [6, 6.07) is 19.7. The maximum Gasteiger partial charge on any atom is 0.253 e. The van der Waals surface area contributed by atoms with Gasteiger partial charge in [0.2, 0.25) is 5.91 Å². The molecule has 2 amide bonds. The maximum absolute atomic E-state index is 12.9. The molecule has 6 heteroatoms. The van der Waals surface area contributed by atoms with Crippen LogP contribution in [-0.4, -0.2) is 57.6 Å². The Bertz CT molecular complexity index is 1020. The quantitative estimate of drug-likeness (QED) is 0.618. The number of carbonyl (C=O) groups is 2. The van der Waals surface area contributed by atoms with E-state index in [-0.39, 0.29) is 11.8 Å². The molecule has 6 nitrogen and oxygen atoms in total. The molecule has 1 aliphatic rings. The van der Waals surface area contributed by atoms with Gasteiger partial charge in [-0.1, -0.05) is 30.3 Å². The van der Waals surface area contributed by atoms with Gasteiger partial charge in [-0.3, -0.25) is 9.59 Å². The van der Waals surface area contributed by atoms with Gasteiger partial charge in [0.25, 0.3) is 5.91 Å². The first-order chi connectivity index (χ1) is 15.1. The van der Waals surface area contributed by atoms with E-state index in [0.717, 1.165) is 24.2 Å². The fraction of sp³-hybridized carbons (Fsp3) is 0.320. The van der Waals surface area contributed by atoms with E-state index in [1.54, 1.807) is 6.20 Å². The molecule has 0 atom stereocenters. The standard InChI is InChI=1S/C25H28N4O2/c1-20-14-15-26-29(20)23-12-10-22(11-13-23)25(31)28-18-16-27(17-19-28)24(30)9-5-8-21-6-3-2-4-7-21/h2-4,6-7,10-15H,5,8-9,16-19H2,1H3. The number of hydrogen-bond donors (Lipinski definition) is 0. The zero-order valence-corrected chi connectivity index (χ0v) is 17.9. The number of hydrogen-bond acceptors (Lipinski definition) is 3. The minimum absolute atomic E-state index is 0.0138. The van der Waals surface area contributed by atoms with Gasteiger partial charge in [-0.05, 0) is 55.7 Å². The van der Waals surface area contributed by atoms with Crippen molar-refractivity contribution in [1.82, 2.24) is 19.6 Å². The first-order valence-corrected chi connectivity index (χ1v) is 10.8. The van der Waals surface area contributed by atoms with Crippen molar-refractivity contribution in [2.75, 3.05) is 26.2 Å². The van der Waals surface area contributed by atoms with Gasteiger partial charge in [0.1, 0.15) is 0 Å². The summed E-state index contributed by atoms with van der Waals surface area (Å²) in [5, 5.41) is 4.30. The van der Waals surface area contributed by atoms with E-state index in [9.17, 15) is 9.59 Å². The van der Waals surface area contributed by atoms with Crippen LogP contribution in [0, 0.1) is 6.92 Å². The third-order valence-electron chi connectivity index (χ3n) is 5.81. The molecular weight excluding hydrogens is 388 g/mol. The Morgan fingerprint density at radius 1 is 0.871 bits per heavy atom. The van der Waals surface area contributed by atoms with E-state index in [4.69, 9.17) is 0 Å². The van der Waals surface area contributed by atoms with Gasteiger partial charge in [-0.15, -0.1) is 0 Å². The van der Waals surface area contributed by atoms with Gasteiger partial charge in [-0.2, -0.15) is 5.10 Å². The molecule has 160 valence electrons. The number of amides is 2. The molecule has 2 heterocycles. The van der Waals surface area contributed by atoms with Gasteiger partial charge in [0.15, 0.2) is 0 Å². The van der Waals surface area contributed by atoms with E-state index in [2.05, 4.69) is 17.2 Å². The topological polar surface area (TPSA) is 58.4 Å². The number of rotatable bonds is 6. The Morgan fingerprint density at radius 2 is 1.55 bits per heavy atom. The third-order valence-corrected chi connectivity index (χ3v) is 5.81. The second-order valence-electron chi connectivity index (χ2n) is 7.94. The highest BCUT2D eigenvalue weighted by Gasteiger charge is 2.24. The summed E-state index contributed by atoms with van der Waals surface area (Å²) < 4.78 is 1.84. The van der Waals surface area contributed by atoms with E-state index >= 15 is 0 Å². The molecule has 0 radical (unpaired) electrons. The molecule has 0 saturated carbocycles. The van der Waals surface area contributed by atoms with Gasteiger partial charge < -0.3 is 9.80 Å². The first kappa shape index (κ1) is 20.8. The van der Waals surface area contributed by atoms with Gasteiger partial charge in [0, 0.05) is 50.1 Å². The summed E-state index contributed by atoms with van der Waals surface area (Å²) in [4.78, 5) is 29.1. The Morgan fingerprint density at radius 3 is 2.19 bits per heavy atom. The number of piperazine rings is 1. The summed E-state index contributed by atoms with van der Waals surface area (Å²) in [6.45, 7) is 4.34. The number of carbonyl (C=O) groups excluding carboxylic acids is 2. The molecule has 0 bridgehead atoms. The Hall–Kier alpha value is -3.41. The summed E-state index contributed by atoms with van der Waals surface area (Å²) >= 11 is 0. The molecule has 1 saturated heterocycles. The molecule has 1 fully saturated rings. The van der Waals surface area contributed by atoms with Crippen LogP contribution in [-0.2, 0) is 11.2 Å². The highest BCUT2D eigenvalue weighted by molar-refractivity contribution is 5.94. The highest BCUT2D eigenvalue weighted by Crippen LogP contribution is 2.15. The predicted octanol–water partition coefficient (Wildman–Crippen LogP) is 3.49. The molecule has 3 aromatic rings. The molecule has 1 aliphatic heterocycles. The predicted molar refractivity (Wildman–Crippen MR) is 120 cm³/mol. The van der Waals surface area contributed by atoms with Crippen molar-refractivity contribution in [3.05, 3.63) is 83.7 Å². The lowest BCUT2D eigenvalue weighted by Gasteiger charge is -2.35. The molecule has 0 spiro atoms. The molecule has 1 aromatic heterocycles. The summed E-state index contributed by atoms with van der Waals surface area (Å²) in [6.07, 6.45) is 4.08. The molecular formula is C25H28N4O2. The lowest BCUT2D eigenvalue weighted by molar-refractivity contribution is -0.132. The fourth-order valence-electron chi connectivity index (χ4n) is 3.97. The second-order valence-corrected chi connectivity index (χ2v) is 7.94. The lowest BCUT2D eigenvalue weighted by atomic mass is 10.1. The van der Waals surface area contributed by atoms with E-state index in [1.165, 1.54) is 5.56 Å². The van der Waals surface area contributed by atoms with Crippen molar-refractivity contribution in [2.45, 2.75) is 26.2 Å². The van der Waals surface area contributed by atoms with Crippen LogP contribution >= 0.6 is 0 Å². The average Bonchev–Trinajstić information content (AvgIpc) is 3.25. The van der Waals surface area contributed by atoms with Crippen molar-refractivity contribution >= 4 is 11.8 Å². The number of benzene rings is 2. The van der Waals surface area contributed by atoms with Crippen LogP contribution < -0.4 is 0 Å². The van der Waals surface area contributed by atoms with E-state index in [1.807, 2.05) is 69.9 Å². The third kappa shape index (κ3) is 5.02. The zero-order valence-electron chi connectivity index (χ0n) is 17.9. The van der Waals surface area contributed by atoms with E-state index in [0.29, 0.717) is 38.2 Å². The van der Waals surface area contributed by atoms with Crippen LogP contribution in [0.15, 0.2) is 66.9 Å². The Labute approximate surface area is 183 Å². The first-order valence-electron chi connectivity index (χ1n) is 10.8. The maximum atomic E-state index is 12.9. The summed E-state index contributed by atoms with van der Waals surface area (Å²) in [5.74, 6) is 0.196. The van der Waals surface area contributed by atoms with Crippen LogP contribution in [0.3, 0.4) is 0 Å². The SMILES string of the molecule is Cc1ccnn1-c1ccc(C(=O)N2CCN(C(=O)CCCc3ccccc3)CC2)cc1. The van der Waals surface area contributed by atoms with Gasteiger partial charge in [0.05, 0.1) is 5.69 Å². The minimum atomic E-state index is 0.0138. The van der Waals surface area contributed by atoms with Crippen LogP contribution in [0.1, 0.15) is 34.5 Å². The largest absolute Gasteiger partial charge is 0.339 e. The average molecular weight is 417 g/mol. The van der Waals surface area contributed by atoms with Crippen molar-refractivity contribution < 1.29 is 9.59 Å². The molecule has 0 aliphatic carbocycles. The molecule has 4 rings (SSSR count). The fourth-order valence-corrected chi connectivity index (χ4v) is 3.97. The number of aryl methyl sites for hydroxylation is 2. The van der Waals surface area contributed by atoms with Crippen LogP contribution in [0.25, 0.3) is 5.69 Å². The zero-order chi connectivity index (χ0) is 21.6. The summed E-state index contributed by atoms with van der Waals surface area (Å²) in [7, 11) is 0. The van der Waals surface area contributed by atoms with Crippen molar-refractivity contribution in [1.29, 1.82) is 0 Å². The van der Waals surface area contributed by atoms with Crippen LogP contribution in [0.2, 0.25) is 0 Å². The molecule has 31 heavy (non-hydrogen) atoms. The van der Waals surface area contributed by atoms with Gasteiger partial charge in [-0.25, -0.2) is 4.68 Å². The van der Waals surface area contributed by atoms with Crippen molar-refractivity contribution in [3.63, 3.8) is 0 Å². The van der Waals surface area contributed by atoms with Crippen molar-refractivity contribution in [2.24, 2.45) is 0 Å². The molecule has 0 N–H and O–H groups in total. The van der Waals surface area contributed by atoms with Crippen molar-refractivity contribution in [3.8, 4) is 5.69 Å². The molecule has 0 unspecified atom stereocenters. The van der Waals surface area contributed by atoms with Gasteiger partial charge >= 0.3 is 0 Å². The Balaban J connectivity index is 1.25. The van der Waals surface area contributed by atoms with Crippen LogP contribution in [0.5, 0.6) is 0 Å². The number of nitrogens with zero attached hydrogens (tertiary/aromatic N) is 4. The normalized spacial score (nSPS) is 14.0. The second kappa shape index (κ2) is 9.60. The molecule has 2 aromatic carbocycles. The minimum Gasteiger partial charge on any atom is -0.339 e. The summed E-state index contributed by atoms with van der Waals surface area (Å²) in [5.41, 5.74) is 3.91. The highest BCUT2D eigenvalue weighted by atomic mass is 16.2. The van der Waals surface area contributed by atoms with Crippen LogP contribution in [0.4, 0.5) is 0 Å². The smallest absolute Gasteiger partial charge is 0.253 e. The lowest BCUT2D eigenvalue weighted by Crippen LogP contribution is -2.50.